The Balaban J connectivity index is 1.97. The molecule has 5 heteroatoms. The second-order valence-corrected chi connectivity index (χ2v) is 6.63. The zero-order valence-electron chi connectivity index (χ0n) is 14.1. The average molecular weight is 340 g/mol. The fourth-order valence-corrected chi connectivity index (χ4v) is 2.81. The van der Waals surface area contributed by atoms with Crippen molar-refractivity contribution in [1.29, 1.82) is 0 Å². The summed E-state index contributed by atoms with van der Waals surface area (Å²) in [5.41, 5.74) is 0.112. The number of benzene rings is 2. The van der Waals surface area contributed by atoms with E-state index in [0.29, 0.717) is 5.56 Å². The SMILES string of the molecule is CC1(C)Oc2cc(O)c(C(=O)/C=C/c3ccccc3)c(O)c2CC1O. The first kappa shape index (κ1) is 17.0. The number of hydrogen-bond acceptors (Lipinski definition) is 5. The largest absolute Gasteiger partial charge is 0.507 e. The second-order valence-electron chi connectivity index (χ2n) is 6.63. The van der Waals surface area contributed by atoms with Gasteiger partial charge < -0.3 is 20.1 Å². The molecule has 0 spiro atoms. The van der Waals surface area contributed by atoms with E-state index in [0.717, 1.165) is 5.56 Å². The van der Waals surface area contributed by atoms with Crippen LogP contribution in [-0.2, 0) is 6.42 Å². The molecule has 0 bridgehead atoms. The Bertz CT molecular complexity index is 837. The Morgan fingerprint density at radius 2 is 1.92 bits per heavy atom. The molecule has 130 valence electrons. The fraction of sp³-hybridized carbons (Fsp3) is 0.250. The van der Waals surface area contributed by atoms with Crippen molar-refractivity contribution in [3.05, 3.63) is 59.2 Å². The third-order valence-corrected chi connectivity index (χ3v) is 4.39. The summed E-state index contributed by atoms with van der Waals surface area (Å²) in [6.45, 7) is 3.44. The molecule has 1 atom stereocenters. The highest BCUT2D eigenvalue weighted by molar-refractivity contribution is 6.10. The predicted octanol–water partition coefficient (Wildman–Crippen LogP) is 3.07. The van der Waals surface area contributed by atoms with Crippen LogP contribution in [0.1, 0.15) is 35.3 Å². The van der Waals surface area contributed by atoms with Crippen molar-refractivity contribution in [3.63, 3.8) is 0 Å². The van der Waals surface area contributed by atoms with Gasteiger partial charge in [-0.2, -0.15) is 0 Å². The highest BCUT2D eigenvalue weighted by Crippen LogP contribution is 2.44. The van der Waals surface area contributed by atoms with Crippen LogP contribution in [0.2, 0.25) is 0 Å². The number of fused-ring (bicyclic) bond motifs is 1. The molecule has 0 aliphatic carbocycles. The molecule has 0 saturated heterocycles. The van der Waals surface area contributed by atoms with Crippen LogP contribution in [0, 0.1) is 0 Å². The van der Waals surface area contributed by atoms with Crippen LogP contribution in [0.3, 0.4) is 0 Å². The van der Waals surface area contributed by atoms with Gasteiger partial charge in [-0.25, -0.2) is 0 Å². The van der Waals surface area contributed by atoms with E-state index in [1.54, 1.807) is 19.9 Å². The minimum atomic E-state index is -0.843. The predicted molar refractivity (Wildman–Crippen MR) is 94.0 cm³/mol. The lowest BCUT2D eigenvalue weighted by molar-refractivity contribution is -0.0418. The maximum Gasteiger partial charge on any atom is 0.193 e. The molecule has 0 fully saturated rings. The van der Waals surface area contributed by atoms with E-state index in [1.807, 2.05) is 30.3 Å². The number of carbonyl (C=O) groups is 1. The van der Waals surface area contributed by atoms with Crippen molar-refractivity contribution in [2.75, 3.05) is 0 Å². The summed E-state index contributed by atoms with van der Waals surface area (Å²) >= 11 is 0. The Kier molecular flexibility index (Phi) is 4.27. The molecule has 0 amide bonds. The number of hydrogen-bond donors (Lipinski definition) is 3. The van der Waals surface area contributed by atoms with Gasteiger partial charge >= 0.3 is 0 Å². The second kappa shape index (κ2) is 6.26. The van der Waals surface area contributed by atoms with Crippen LogP contribution in [0.25, 0.3) is 6.08 Å². The molecule has 5 nitrogen and oxygen atoms in total. The maximum atomic E-state index is 12.4. The molecule has 1 aliphatic heterocycles. The lowest BCUT2D eigenvalue weighted by Crippen LogP contribution is -2.46. The fourth-order valence-electron chi connectivity index (χ4n) is 2.81. The van der Waals surface area contributed by atoms with Crippen LogP contribution >= 0.6 is 0 Å². The monoisotopic (exact) mass is 340 g/mol. The van der Waals surface area contributed by atoms with Gasteiger partial charge in [0.15, 0.2) is 5.78 Å². The molecule has 0 radical (unpaired) electrons. The number of rotatable bonds is 3. The Morgan fingerprint density at radius 1 is 1.24 bits per heavy atom. The first-order valence-corrected chi connectivity index (χ1v) is 8.02. The van der Waals surface area contributed by atoms with E-state index < -0.39 is 17.5 Å². The van der Waals surface area contributed by atoms with Crippen LogP contribution in [0.4, 0.5) is 0 Å². The quantitative estimate of drug-likeness (QED) is 0.590. The number of phenolic OH excluding ortho intramolecular Hbond substituents is 2. The first-order chi connectivity index (χ1) is 11.8. The van der Waals surface area contributed by atoms with E-state index >= 15 is 0 Å². The van der Waals surface area contributed by atoms with Gasteiger partial charge in [0.1, 0.15) is 28.4 Å². The molecule has 0 saturated carbocycles. The van der Waals surface area contributed by atoms with Gasteiger partial charge in [-0.1, -0.05) is 36.4 Å². The van der Waals surface area contributed by atoms with Crippen LogP contribution in [-0.4, -0.2) is 32.8 Å². The molecule has 0 aromatic heterocycles. The van der Waals surface area contributed by atoms with Crippen molar-refractivity contribution < 1.29 is 24.9 Å². The number of aliphatic hydroxyl groups excluding tert-OH is 1. The summed E-state index contributed by atoms with van der Waals surface area (Å²) in [5.74, 6) is -0.965. The van der Waals surface area contributed by atoms with E-state index in [-0.39, 0.29) is 29.2 Å². The normalized spacial score (nSPS) is 18.6. The highest BCUT2D eigenvalue weighted by Gasteiger charge is 2.38. The lowest BCUT2D eigenvalue weighted by Gasteiger charge is -2.37. The number of phenols is 2. The summed E-state index contributed by atoms with van der Waals surface area (Å²) in [5, 5.41) is 30.8. The minimum Gasteiger partial charge on any atom is -0.507 e. The maximum absolute atomic E-state index is 12.4. The number of allylic oxidation sites excluding steroid dienone is 1. The molecule has 25 heavy (non-hydrogen) atoms. The number of ether oxygens (including phenoxy) is 1. The van der Waals surface area contributed by atoms with Crippen molar-refractivity contribution in [3.8, 4) is 17.2 Å². The van der Waals surface area contributed by atoms with Gasteiger partial charge in [0.25, 0.3) is 0 Å². The van der Waals surface area contributed by atoms with Crippen LogP contribution in [0.5, 0.6) is 17.2 Å². The molecular formula is C20H20O5. The minimum absolute atomic E-state index is 0.136. The van der Waals surface area contributed by atoms with Crippen molar-refractivity contribution in [1.82, 2.24) is 0 Å². The van der Waals surface area contributed by atoms with Crippen molar-refractivity contribution in [2.24, 2.45) is 0 Å². The van der Waals surface area contributed by atoms with Crippen molar-refractivity contribution >= 4 is 11.9 Å². The van der Waals surface area contributed by atoms with E-state index in [9.17, 15) is 20.1 Å². The van der Waals surface area contributed by atoms with Crippen LogP contribution in [0.15, 0.2) is 42.5 Å². The summed E-state index contributed by atoms with van der Waals surface area (Å²) in [7, 11) is 0. The van der Waals surface area contributed by atoms with E-state index in [4.69, 9.17) is 4.74 Å². The molecule has 2 aromatic carbocycles. The molecule has 2 aromatic rings. The van der Waals surface area contributed by atoms with Gasteiger partial charge in [-0.15, -0.1) is 0 Å². The number of aromatic hydroxyl groups is 2. The smallest absolute Gasteiger partial charge is 0.193 e. The lowest BCUT2D eigenvalue weighted by atomic mass is 9.89. The molecule has 1 aliphatic rings. The first-order valence-electron chi connectivity index (χ1n) is 8.02. The third kappa shape index (κ3) is 3.23. The van der Waals surface area contributed by atoms with Gasteiger partial charge in [0.2, 0.25) is 0 Å². The molecule has 3 N–H and O–H groups in total. The summed E-state index contributed by atoms with van der Waals surface area (Å²) in [4.78, 5) is 12.4. The van der Waals surface area contributed by atoms with Crippen LogP contribution < -0.4 is 4.74 Å². The van der Waals surface area contributed by atoms with Crippen molar-refractivity contribution in [2.45, 2.75) is 32.0 Å². The number of aliphatic hydroxyl groups is 1. The number of ketones is 1. The standard InChI is InChI=1S/C20H20O5/c1-20(2)17(23)10-13-16(25-20)11-15(22)18(19(13)24)14(21)9-8-12-6-4-3-5-7-12/h3-9,11,17,22-24H,10H2,1-2H3/b9-8+. The summed E-state index contributed by atoms with van der Waals surface area (Å²) in [6, 6.07) is 10.5. The van der Waals surface area contributed by atoms with Gasteiger partial charge in [-0.05, 0) is 25.5 Å². The zero-order valence-corrected chi connectivity index (χ0v) is 14.1. The van der Waals surface area contributed by atoms with E-state index in [2.05, 4.69) is 0 Å². The Labute approximate surface area is 145 Å². The molecule has 1 heterocycles. The average Bonchev–Trinajstić information content (AvgIpc) is 2.56. The summed E-state index contributed by atoms with van der Waals surface area (Å²) in [6.07, 6.45) is 2.20. The molecular weight excluding hydrogens is 320 g/mol. The Morgan fingerprint density at radius 3 is 2.60 bits per heavy atom. The van der Waals surface area contributed by atoms with Gasteiger partial charge in [0, 0.05) is 18.1 Å². The third-order valence-electron chi connectivity index (χ3n) is 4.39. The zero-order chi connectivity index (χ0) is 18.2. The van der Waals surface area contributed by atoms with Gasteiger partial charge in [0.05, 0.1) is 6.10 Å². The topological polar surface area (TPSA) is 87.0 Å². The highest BCUT2D eigenvalue weighted by atomic mass is 16.5. The number of carbonyl (C=O) groups excluding carboxylic acids is 1. The molecule has 3 rings (SSSR count). The Hall–Kier alpha value is -2.79. The van der Waals surface area contributed by atoms with E-state index in [1.165, 1.54) is 12.1 Å². The van der Waals surface area contributed by atoms with Gasteiger partial charge in [-0.3, -0.25) is 4.79 Å². The molecule has 1 unspecified atom stereocenters. The summed E-state index contributed by atoms with van der Waals surface area (Å²) < 4.78 is 5.66.